The average molecular weight is 188 g/mol. The highest BCUT2D eigenvalue weighted by atomic mass is 31.1. The quantitative estimate of drug-likeness (QED) is 0.473. The fourth-order valence-corrected chi connectivity index (χ4v) is 1.71. The Hall–Kier alpha value is -0.730. The molecule has 0 bridgehead atoms. The van der Waals surface area contributed by atoms with Crippen LogP contribution in [0.3, 0.4) is 0 Å². The van der Waals surface area contributed by atoms with Gasteiger partial charge in [-0.1, -0.05) is 15.1 Å². The molecule has 1 fully saturated rings. The lowest BCUT2D eigenvalue weighted by Gasteiger charge is -1.99. The van der Waals surface area contributed by atoms with E-state index in [1.54, 1.807) is 0 Å². The highest BCUT2D eigenvalue weighted by Crippen LogP contribution is 2.13. The van der Waals surface area contributed by atoms with E-state index in [-0.39, 0.29) is 11.1 Å². The first-order valence-electron chi connectivity index (χ1n) is 3.61. The predicted octanol–water partition coefficient (Wildman–Crippen LogP) is -0.388. The molecule has 0 aromatic heterocycles. The minimum atomic E-state index is -0.952. The molecule has 12 heavy (non-hydrogen) atoms. The molecular weight excluding hydrogens is 179 g/mol. The lowest BCUT2D eigenvalue weighted by atomic mass is 10.2. The fraction of sp³-hybridized carbons (Fsp3) is 0.571. The first-order chi connectivity index (χ1) is 5.70. The van der Waals surface area contributed by atoms with Crippen molar-refractivity contribution in [3.05, 3.63) is 0 Å². The van der Waals surface area contributed by atoms with Crippen LogP contribution in [0.2, 0.25) is 0 Å². The van der Waals surface area contributed by atoms with Gasteiger partial charge in [0, 0.05) is 0 Å². The molecule has 0 saturated carbocycles. The number of esters is 1. The van der Waals surface area contributed by atoms with Crippen molar-refractivity contribution in [1.29, 1.82) is 0 Å². The number of rotatable bonds is 2. The summed E-state index contributed by atoms with van der Waals surface area (Å²) in [5.74, 6) is -0.950. The first kappa shape index (κ1) is 9.36. The molecule has 0 amide bonds. The molecule has 4 nitrogen and oxygen atoms in total. The molecule has 0 aliphatic carbocycles. The monoisotopic (exact) mass is 188 g/mol. The van der Waals surface area contributed by atoms with E-state index in [1.807, 2.05) is 6.92 Å². The molecular formula is C7H9O4P. The Morgan fingerprint density at radius 1 is 1.58 bits per heavy atom. The van der Waals surface area contributed by atoms with Crippen LogP contribution in [0.15, 0.2) is 0 Å². The van der Waals surface area contributed by atoms with Gasteiger partial charge in [0.25, 0.3) is 0 Å². The van der Waals surface area contributed by atoms with Gasteiger partial charge >= 0.3 is 5.97 Å². The minimum absolute atomic E-state index is 0.163. The molecule has 0 spiro atoms. The fourth-order valence-electron chi connectivity index (χ4n) is 0.912. The molecule has 1 N–H and O–H groups in total. The maximum atomic E-state index is 11.2. The summed E-state index contributed by atoms with van der Waals surface area (Å²) in [6.45, 7) is 1.44. The van der Waals surface area contributed by atoms with E-state index in [0.717, 1.165) is 0 Å². The number of aliphatic hydroxyl groups excluding tert-OH is 1. The number of hydrogen-bond donors (Lipinski definition) is 1. The third-order valence-electron chi connectivity index (χ3n) is 1.45. The van der Waals surface area contributed by atoms with Crippen LogP contribution in [-0.4, -0.2) is 41.0 Å². The smallest absolute Gasteiger partial charge is 0.347 e. The van der Waals surface area contributed by atoms with E-state index in [0.29, 0.717) is 14.4 Å². The number of ketones is 1. The van der Waals surface area contributed by atoms with E-state index in [4.69, 9.17) is 5.11 Å². The van der Waals surface area contributed by atoms with E-state index >= 15 is 0 Å². The molecule has 1 atom stereocenters. The van der Waals surface area contributed by atoms with Crippen molar-refractivity contribution in [2.45, 2.75) is 13.0 Å². The second-order valence-corrected chi connectivity index (χ2v) is 3.66. The van der Waals surface area contributed by atoms with Crippen molar-refractivity contribution >= 4 is 25.3 Å². The van der Waals surface area contributed by atoms with Gasteiger partial charge in [-0.25, -0.2) is 4.79 Å². The van der Waals surface area contributed by atoms with Crippen molar-refractivity contribution in [1.82, 2.24) is 0 Å². The van der Waals surface area contributed by atoms with E-state index < -0.39 is 18.7 Å². The Labute approximate surface area is 71.3 Å². The third kappa shape index (κ3) is 1.54. The van der Waals surface area contributed by atoms with Crippen molar-refractivity contribution < 1.29 is 19.4 Å². The zero-order valence-electron chi connectivity index (χ0n) is 6.61. The third-order valence-corrected chi connectivity index (χ3v) is 2.49. The van der Waals surface area contributed by atoms with Gasteiger partial charge in [-0.15, -0.1) is 0 Å². The van der Waals surface area contributed by atoms with Gasteiger partial charge in [0.05, 0.1) is 6.61 Å². The van der Waals surface area contributed by atoms with E-state index in [1.165, 1.54) is 0 Å². The Kier molecular flexibility index (Phi) is 2.95. The Balaban J connectivity index is 2.85. The molecule has 0 aromatic carbocycles. The number of ether oxygens (including phenoxy) is 1. The average Bonchev–Trinajstić information content (AvgIpc) is 2.32. The summed E-state index contributed by atoms with van der Waals surface area (Å²) < 4.78 is 4.61. The summed E-state index contributed by atoms with van der Waals surface area (Å²) in [6, 6.07) is 0. The standard InChI is InChI=1S/C7H9O4P/c1-2-12-6-5(9)4(3-8)11-7(6)10/h4,8H,2-3H2,1H3. The topological polar surface area (TPSA) is 63.6 Å². The number of carbonyl (C=O) groups is 2. The van der Waals surface area contributed by atoms with Crippen molar-refractivity contribution in [2.75, 3.05) is 12.8 Å². The van der Waals surface area contributed by atoms with Gasteiger partial charge in [-0.3, -0.25) is 4.79 Å². The van der Waals surface area contributed by atoms with Gasteiger partial charge in [0.2, 0.25) is 5.78 Å². The van der Waals surface area contributed by atoms with Gasteiger partial charge in [0.15, 0.2) is 6.10 Å². The molecule has 1 rings (SSSR count). The van der Waals surface area contributed by atoms with E-state index in [9.17, 15) is 9.59 Å². The molecule has 0 aromatic rings. The first-order valence-corrected chi connectivity index (χ1v) is 4.69. The number of Topliss-reactive ketones (excluding diaryl/α,β-unsaturated/α-hetero) is 1. The molecule has 5 heteroatoms. The Morgan fingerprint density at radius 3 is 2.67 bits per heavy atom. The molecule has 1 aliphatic rings. The summed E-state index contributed by atoms with van der Waals surface area (Å²) in [5, 5.41) is 8.79. The molecule has 0 radical (unpaired) electrons. The van der Waals surface area contributed by atoms with Crippen molar-refractivity contribution in [2.24, 2.45) is 0 Å². The minimum Gasteiger partial charge on any atom is -0.448 e. The van der Waals surface area contributed by atoms with Gasteiger partial charge in [-0.05, 0) is 6.16 Å². The highest BCUT2D eigenvalue weighted by Gasteiger charge is 2.37. The number of carbonyl (C=O) groups excluding carboxylic acids is 2. The highest BCUT2D eigenvalue weighted by molar-refractivity contribution is 7.47. The van der Waals surface area contributed by atoms with Crippen molar-refractivity contribution in [3.63, 3.8) is 0 Å². The van der Waals surface area contributed by atoms with Crippen molar-refractivity contribution in [3.8, 4) is 0 Å². The van der Waals surface area contributed by atoms with Crippen LogP contribution in [0, 0.1) is 0 Å². The SMILES string of the molecule is CCP=C1C(=O)OC(CO)C1=O. The largest absolute Gasteiger partial charge is 0.448 e. The summed E-state index contributed by atoms with van der Waals surface area (Å²) >= 11 is 0. The molecule has 1 heterocycles. The van der Waals surface area contributed by atoms with Gasteiger partial charge < -0.3 is 9.84 Å². The van der Waals surface area contributed by atoms with Crippen LogP contribution in [0.4, 0.5) is 0 Å². The zero-order chi connectivity index (χ0) is 9.14. The zero-order valence-corrected chi connectivity index (χ0v) is 7.51. The van der Waals surface area contributed by atoms with Crippen LogP contribution < -0.4 is 0 Å². The lowest BCUT2D eigenvalue weighted by Crippen LogP contribution is -2.22. The molecule has 1 aliphatic heterocycles. The maximum Gasteiger partial charge on any atom is 0.347 e. The lowest BCUT2D eigenvalue weighted by molar-refractivity contribution is -0.141. The second-order valence-electron chi connectivity index (χ2n) is 2.26. The van der Waals surface area contributed by atoms with Crippen LogP contribution in [0.1, 0.15) is 6.92 Å². The van der Waals surface area contributed by atoms with E-state index in [2.05, 4.69) is 4.74 Å². The normalized spacial score (nSPS) is 26.5. The number of aliphatic hydroxyl groups is 1. The summed E-state index contributed by atoms with van der Waals surface area (Å²) in [4.78, 5) is 22.1. The van der Waals surface area contributed by atoms with Crippen LogP contribution >= 0.6 is 8.20 Å². The summed E-state index contributed by atoms with van der Waals surface area (Å²) in [6.07, 6.45) is -0.250. The second kappa shape index (κ2) is 3.78. The molecule has 1 saturated heterocycles. The molecule has 1 unspecified atom stereocenters. The maximum absolute atomic E-state index is 11.2. The Morgan fingerprint density at radius 2 is 2.25 bits per heavy atom. The van der Waals surface area contributed by atoms with Crippen LogP contribution in [0.5, 0.6) is 0 Å². The summed E-state index contributed by atoms with van der Waals surface area (Å²) in [5.41, 5.74) is 0. The van der Waals surface area contributed by atoms with Crippen LogP contribution in [-0.2, 0) is 14.3 Å². The van der Waals surface area contributed by atoms with Gasteiger partial charge in [-0.2, -0.15) is 0 Å². The summed E-state index contributed by atoms with van der Waals surface area (Å²) in [7, 11) is 0.678. The molecule has 66 valence electrons. The van der Waals surface area contributed by atoms with Gasteiger partial charge in [0.1, 0.15) is 5.29 Å². The number of hydrogen-bond acceptors (Lipinski definition) is 4. The number of cyclic esters (lactones) is 1. The Bertz CT molecular complexity index is 246. The predicted molar refractivity (Wildman–Crippen MR) is 44.4 cm³/mol. The van der Waals surface area contributed by atoms with Crippen LogP contribution in [0.25, 0.3) is 0 Å².